The van der Waals surface area contributed by atoms with Gasteiger partial charge in [0.05, 0.1) is 11.2 Å². The summed E-state index contributed by atoms with van der Waals surface area (Å²) in [5.41, 5.74) is 3.42. The third-order valence-corrected chi connectivity index (χ3v) is 3.34. The minimum atomic E-state index is 0.233. The monoisotopic (exact) mass is 287 g/mol. The van der Waals surface area contributed by atoms with Crippen LogP contribution in [-0.2, 0) is 0 Å². The highest BCUT2D eigenvalue weighted by atomic mass is 35.5. The fourth-order valence-electron chi connectivity index (χ4n) is 2.38. The van der Waals surface area contributed by atoms with E-state index in [1.807, 2.05) is 19.1 Å². The van der Waals surface area contributed by atoms with Crippen LogP contribution in [0.2, 0.25) is 5.28 Å². The molecule has 0 aromatic carbocycles. The van der Waals surface area contributed by atoms with E-state index < -0.39 is 0 Å². The van der Waals surface area contributed by atoms with Crippen molar-refractivity contribution in [1.82, 2.24) is 24.5 Å². The first-order valence-corrected chi connectivity index (χ1v) is 6.77. The molecule has 0 atom stereocenters. The van der Waals surface area contributed by atoms with E-state index in [9.17, 15) is 0 Å². The number of imidazole rings is 1. The molecule has 0 aliphatic carbocycles. The van der Waals surface area contributed by atoms with Gasteiger partial charge >= 0.3 is 0 Å². The topological polar surface area (TPSA) is 56.5 Å². The first kappa shape index (κ1) is 13.0. The first-order chi connectivity index (χ1) is 9.56. The largest absolute Gasteiger partial charge is 0.324 e. The molecule has 0 saturated carbocycles. The zero-order chi connectivity index (χ0) is 14.3. The van der Waals surface area contributed by atoms with E-state index in [4.69, 9.17) is 11.6 Å². The molecule has 5 nitrogen and oxygen atoms in total. The highest BCUT2D eigenvalue weighted by molar-refractivity contribution is 6.28. The van der Waals surface area contributed by atoms with Crippen LogP contribution in [0.25, 0.3) is 22.4 Å². The molecule has 3 aromatic heterocycles. The second-order valence-corrected chi connectivity index (χ2v) is 5.24. The zero-order valence-corrected chi connectivity index (χ0v) is 12.3. The molecule has 3 rings (SSSR count). The number of hydrogen-bond donors (Lipinski definition) is 0. The van der Waals surface area contributed by atoms with Gasteiger partial charge in [-0.05, 0) is 44.5 Å². The summed E-state index contributed by atoms with van der Waals surface area (Å²) in [5, 5.41) is 0.233. The molecule has 102 valence electrons. The van der Waals surface area contributed by atoms with Gasteiger partial charge in [-0.3, -0.25) is 0 Å². The molecule has 20 heavy (non-hydrogen) atoms. The summed E-state index contributed by atoms with van der Waals surface area (Å²) in [7, 11) is 0. The second kappa shape index (κ2) is 4.83. The fraction of sp³-hybridized carbons (Fsp3) is 0.286. The molecule has 0 aliphatic rings. The second-order valence-electron chi connectivity index (χ2n) is 4.90. The van der Waals surface area contributed by atoms with Gasteiger partial charge in [0.25, 0.3) is 0 Å². The summed E-state index contributed by atoms with van der Waals surface area (Å²) in [4.78, 5) is 17.0. The van der Waals surface area contributed by atoms with Gasteiger partial charge < -0.3 is 4.57 Å². The maximum Gasteiger partial charge on any atom is 0.222 e. The summed E-state index contributed by atoms with van der Waals surface area (Å²) < 4.78 is 2.16. The van der Waals surface area contributed by atoms with Crippen molar-refractivity contribution >= 4 is 22.8 Å². The molecule has 3 aromatic rings. The number of aryl methyl sites for hydroxylation is 1. The number of rotatable bonds is 2. The summed E-state index contributed by atoms with van der Waals surface area (Å²) in [6, 6.07) is 4.18. The van der Waals surface area contributed by atoms with Crippen LogP contribution in [0.15, 0.2) is 24.5 Å². The lowest BCUT2D eigenvalue weighted by molar-refractivity contribution is 0.600. The van der Waals surface area contributed by atoms with Crippen LogP contribution in [0.4, 0.5) is 0 Å². The highest BCUT2D eigenvalue weighted by Crippen LogP contribution is 2.24. The number of aromatic nitrogens is 5. The van der Waals surface area contributed by atoms with Crippen molar-refractivity contribution in [1.29, 1.82) is 0 Å². The van der Waals surface area contributed by atoms with Crippen molar-refractivity contribution in [3.05, 3.63) is 35.6 Å². The van der Waals surface area contributed by atoms with Crippen LogP contribution in [0.5, 0.6) is 0 Å². The number of hydrogen-bond acceptors (Lipinski definition) is 4. The van der Waals surface area contributed by atoms with Gasteiger partial charge in [0.15, 0.2) is 5.65 Å². The van der Waals surface area contributed by atoms with Crippen molar-refractivity contribution in [2.75, 3.05) is 0 Å². The molecule has 0 saturated heterocycles. The summed E-state index contributed by atoms with van der Waals surface area (Å²) in [6.45, 7) is 6.24. The normalized spacial score (nSPS) is 11.4. The molecular weight excluding hydrogens is 274 g/mol. The molecular formula is C14H14ClN5. The lowest BCUT2D eigenvalue weighted by atomic mass is 10.2. The molecule has 6 heteroatoms. The Morgan fingerprint density at radius 2 is 2.00 bits per heavy atom. The quantitative estimate of drug-likeness (QED) is 0.678. The van der Waals surface area contributed by atoms with Gasteiger partial charge in [-0.2, -0.15) is 0 Å². The molecule has 0 aliphatic heterocycles. The summed E-state index contributed by atoms with van der Waals surface area (Å²) in [5.74, 6) is 0.959. The predicted molar refractivity (Wildman–Crippen MR) is 78.7 cm³/mol. The Balaban J connectivity index is 2.22. The minimum Gasteiger partial charge on any atom is -0.324 e. The van der Waals surface area contributed by atoms with Crippen molar-refractivity contribution < 1.29 is 0 Å². The molecule has 0 bridgehead atoms. The fourth-order valence-corrected chi connectivity index (χ4v) is 2.53. The number of pyridine rings is 1. The van der Waals surface area contributed by atoms with Crippen molar-refractivity contribution in [2.24, 2.45) is 0 Å². The molecule has 0 fully saturated rings. The Hall–Kier alpha value is -2.01. The SMILES string of the molecule is Cc1nc2ncc(-c3ccnc(Cl)n3)cc2n1C(C)C. The maximum absolute atomic E-state index is 5.84. The van der Waals surface area contributed by atoms with Gasteiger partial charge in [-0.15, -0.1) is 0 Å². The lowest BCUT2D eigenvalue weighted by Gasteiger charge is -2.10. The number of halogens is 1. The molecule has 0 amide bonds. The molecule has 0 N–H and O–H groups in total. The van der Waals surface area contributed by atoms with E-state index in [1.165, 1.54) is 0 Å². The van der Waals surface area contributed by atoms with Crippen LogP contribution in [-0.4, -0.2) is 24.5 Å². The Morgan fingerprint density at radius 3 is 2.70 bits per heavy atom. The van der Waals surface area contributed by atoms with Gasteiger partial charge in [0, 0.05) is 24.0 Å². The number of fused-ring (bicyclic) bond motifs is 1. The maximum atomic E-state index is 5.84. The predicted octanol–water partition coefficient (Wildman–Crippen LogP) is 3.43. The average molecular weight is 288 g/mol. The van der Waals surface area contributed by atoms with Crippen LogP contribution < -0.4 is 0 Å². The van der Waals surface area contributed by atoms with Crippen molar-refractivity contribution in [3.63, 3.8) is 0 Å². The Kier molecular flexibility index (Phi) is 3.14. The Labute approximate surface area is 121 Å². The van der Waals surface area contributed by atoms with Crippen LogP contribution in [0.3, 0.4) is 0 Å². The van der Waals surface area contributed by atoms with Gasteiger partial charge in [-0.25, -0.2) is 19.9 Å². The zero-order valence-electron chi connectivity index (χ0n) is 11.5. The number of nitrogens with zero attached hydrogens (tertiary/aromatic N) is 5. The first-order valence-electron chi connectivity index (χ1n) is 6.40. The smallest absolute Gasteiger partial charge is 0.222 e. The summed E-state index contributed by atoms with van der Waals surface area (Å²) >= 11 is 5.84. The standard InChI is InChI=1S/C14H14ClN5/c1-8(2)20-9(3)18-13-12(20)6-10(7-17-13)11-4-5-16-14(15)19-11/h4-8H,1-3H3. The van der Waals surface area contributed by atoms with Crippen molar-refractivity contribution in [2.45, 2.75) is 26.8 Å². The Morgan fingerprint density at radius 1 is 1.20 bits per heavy atom. The summed E-state index contributed by atoms with van der Waals surface area (Å²) in [6.07, 6.45) is 3.40. The molecule has 0 radical (unpaired) electrons. The van der Waals surface area contributed by atoms with Crippen LogP contribution >= 0.6 is 11.6 Å². The van der Waals surface area contributed by atoms with E-state index >= 15 is 0 Å². The van der Waals surface area contributed by atoms with E-state index in [-0.39, 0.29) is 5.28 Å². The lowest BCUT2D eigenvalue weighted by Crippen LogP contribution is -2.02. The highest BCUT2D eigenvalue weighted by Gasteiger charge is 2.12. The van der Waals surface area contributed by atoms with Crippen LogP contribution in [0, 0.1) is 6.92 Å². The molecule has 0 spiro atoms. The minimum absolute atomic E-state index is 0.233. The van der Waals surface area contributed by atoms with E-state index in [0.29, 0.717) is 6.04 Å². The third kappa shape index (κ3) is 2.14. The molecule has 0 unspecified atom stereocenters. The third-order valence-electron chi connectivity index (χ3n) is 3.16. The van der Waals surface area contributed by atoms with Gasteiger partial charge in [0.1, 0.15) is 5.82 Å². The van der Waals surface area contributed by atoms with E-state index in [2.05, 4.69) is 38.4 Å². The average Bonchev–Trinajstić information content (AvgIpc) is 2.73. The van der Waals surface area contributed by atoms with E-state index in [0.717, 1.165) is 28.2 Å². The molecule has 3 heterocycles. The Bertz CT molecular complexity index is 778. The van der Waals surface area contributed by atoms with Gasteiger partial charge in [-0.1, -0.05) is 0 Å². The van der Waals surface area contributed by atoms with Crippen molar-refractivity contribution in [3.8, 4) is 11.3 Å². The van der Waals surface area contributed by atoms with E-state index in [1.54, 1.807) is 12.4 Å². The van der Waals surface area contributed by atoms with Gasteiger partial charge in [0.2, 0.25) is 5.28 Å². The van der Waals surface area contributed by atoms with Crippen LogP contribution in [0.1, 0.15) is 25.7 Å².